The van der Waals surface area contributed by atoms with Crippen LogP contribution in [0.15, 0.2) is 23.5 Å². The molecular formula is C15H19N5O3S. The first-order valence-corrected chi connectivity index (χ1v) is 8.94. The molecule has 24 heavy (non-hydrogen) atoms. The van der Waals surface area contributed by atoms with E-state index in [1.807, 2.05) is 0 Å². The zero-order valence-corrected chi connectivity index (χ0v) is 14.0. The molecule has 0 aliphatic carbocycles. The molecule has 2 aliphatic heterocycles. The molecule has 2 fully saturated rings. The minimum absolute atomic E-state index is 0.0514. The zero-order valence-electron chi connectivity index (χ0n) is 13.2. The van der Waals surface area contributed by atoms with Crippen molar-refractivity contribution < 1.29 is 14.3 Å². The lowest BCUT2D eigenvalue weighted by Crippen LogP contribution is -2.47. The Bertz CT molecular complexity index is 677. The van der Waals surface area contributed by atoms with Gasteiger partial charge in [-0.1, -0.05) is 0 Å². The summed E-state index contributed by atoms with van der Waals surface area (Å²) in [5.74, 6) is -0.0514. The minimum atomic E-state index is -0.437. The van der Waals surface area contributed by atoms with Crippen LogP contribution in [-0.2, 0) is 16.0 Å². The van der Waals surface area contributed by atoms with E-state index in [-0.39, 0.29) is 12.0 Å². The van der Waals surface area contributed by atoms with Crippen molar-refractivity contribution in [2.75, 3.05) is 26.3 Å². The fourth-order valence-electron chi connectivity index (χ4n) is 3.34. The summed E-state index contributed by atoms with van der Waals surface area (Å²) in [5.41, 5.74) is 1.74. The maximum absolute atomic E-state index is 12.6. The standard InChI is InChI=1S/C15H19N5O3S/c21-14(13-6-24-11-17-13)19-3-4-22-8-15(7-19)2-1-12(23-15)5-20-10-16-9-18-20/h6,9-12H,1-5,7-8H2/t12-,15+/m0/s1. The molecule has 4 rings (SSSR count). The highest BCUT2D eigenvalue weighted by molar-refractivity contribution is 7.07. The van der Waals surface area contributed by atoms with Crippen LogP contribution < -0.4 is 0 Å². The van der Waals surface area contributed by atoms with Crippen molar-refractivity contribution >= 4 is 17.2 Å². The van der Waals surface area contributed by atoms with Gasteiger partial charge in [0, 0.05) is 11.9 Å². The maximum Gasteiger partial charge on any atom is 0.273 e. The lowest BCUT2D eigenvalue weighted by Gasteiger charge is -2.31. The molecule has 128 valence electrons. The monoisotopic (exact) mass is 349 g/mol. The average molecular weight is 349 g/mol. The smallest absolute Gasteiger partial charge is 0.273 e. The summed E-state index contributed by atoms with van der Waals surface area (Å²) in [5, 5.41) is 5.91. The lowest BCUT2D eigenvalue weighted by atomic mass is 10.00. The molecule has 0 bridgehead atoms. The predicted octanol–water partition coefficient (Wildman–Crippen LogP) is 0.825. The van der Waals surface area contributed by atoms with Crippen LogP contribution in [0.5, 0.6) is 0 Å². The van der Waals surface area contributed by atoms with Crippen LogP contribution >= 0.6 is 11.3 Å². The summed E-state index contributed by atoms with van der Waals surface area (Å²) >= 11 is 1.43. The van der Waals surface area contributed by atoms with Gasteiger partial charge >= 0.3 is 0 Å². The largest absolute Gasteiger partial charge is 0.377 e. The van der Waals surface area contributed by atoms with Gasteiger partial charge in [-0.25, -0.2) is 9.97 Å². The van der Waals surface area contributed by atoms with Gasteiger partial charge in [0.15, 0.2) is 0 Å². The quantitative estimate of drug-likeness (QED) is 0.816. The molecule has 0 radical (unpaired) electrons. The number of thiazole rings is 1. The van der Waals surface area contributed by atoms with Crippen LogP contribution in [0.25, 0.3) is 0 Å². The summed E-state index contributed by atoms with van der Waals surface area (Å²) < 4.78 is 13.8. The topological polar surface area (TPSA) is 82.4 Å². The second-order valence-corrected chi connectivity index (χ2v) is 6.95. The Kier molecular flexibility index (Phi) is 4.30. The molecule has 0 aromatic carbocycles. The van der Waals surface area contributed by atoms with Crippen LogP contribution in [0.4, 0.5) is 0 Å². The fraction of sp³-hybridized carbons (Fsp3) is 0.600. The molecule has 2 saturated heterocycles. The molecule has 8 nitrogen and oxygen atoms in total. The summed E-state index contributed by atoms with van der Waals surface area (Å²) in [7, 11) is 0. The molecule has 1 amide bonds. The van der Waals surface area contributed by atoms with E-state index in [0.717, 1.165) is 12.8 Å². The van der Waals surface area contributed by atoms with E-state index < -0.39 is 5.60 Å². The van der Waals surface area contributed by atoms with Gasteiger partial charge < -0.3 is 14.4 Å². The van der Waals surface area contributed by atoms with E-state index in [2.05, 4.69) is 15.1 Å². The van der Waals surface area contributed by atoms with Gasteiger partial charge in [0.25, 0.3) is 5.91 Å². The van der Waals surface area contributed by atoms with Gasteiger partial charge in [-0.05, 0) is 12.8 Å². The minimum Gasteiger partial charge on any atom is -0.377 e. The third kappa shape index (κ3) is 3.19. The van der Waals surface area contributed by atoms with Gasteiger partial charge in [0.1, 0.15) is 23.9 Å². The number of nitrogens with zero attached hydrogens (tertiary/aromatic N) is 5. The molecule has 9 heteroatoms. The average Bonchev–Trinajstić information content (AvgIpc) is 3.30. The van der Waals surface area contributed by atoms with Crippen molar-refractivity contribution in [3.8, 4) is 0 Å². The first-order chi connectivity index (χ1) is 11.7. The van der Waals surface area contributed by atoms with E-state index in [1.54, 1.807) is 26.8 Å². The highest BCUT2D eigenvalue weighted by Gasteiger charge is 2.44. The summed E-state index contributed by atoms with van der Waals surface area (Å²) in [4.78, 5) is 22.5. The Morgan fingerprint density at radius 3 is 3.25 bits per heavy atom. The van der Waals surface area contributed by atoms with Crippen molar-refractivity contribution in [1.29, 1.82) is 0 Å². The molecule has 2 atom stereocenters. The van der Waals surface area contributed by atoms with E-state index in [4.69, 9.17) is 9.47 Å². The first-order valence-electron chi connectivity index (χ1n) is 8.00. The molecule has 1 spiro atoms. The number of hydrogen-bond acceptors (Lipinski definition) is 7. The molecular weight excluding hydrogens is 330 g/mol. The van der Waals surface area contributed by atoms with E-state index >= 15 is 0 Å². The van der Waals surface area contributed by atoms with Gasteiger partial charge in [0.2, 0.25) is 0 Å². The Morgan fingerprint density at radius 2 is 2.46 bits per heavy atom. The Morgan fingerprint density at radius 1 is 1.50 bits per heavy atom. The maximum atomic E-state index is 12.6. The molecule has 4 heterocycles. The van der Waals surface area contributed by atoms with Crippen molar-refractivity contribution in [1.82, 2.24) is 24.6 Å². The Labute approximate surface area is 143 Å². The van der Waals surface area contributed by atoms with Gasteiger partial charge in [-0.15, -0.1) is 11.3 Å². The normalized spacial score (nSPS) is 27.5. The van der Waals surface area contributed by atoms with E-state index in [9.17, 15) is 4.79 Å². The third-order valence-electron chi connectivity index (χ3n) is 4.48. The van der Waals surface area contributed by atoms with Crippen LogP contribution in [0, 0.1) is 0 Å². The van der Waals surface area contributed by atoms with Gasteiger partial charge in [-0.2, -0.15) is 5.10 Å². The summed E-state index contributed by atoms with van der Waals surface area (Å²) in [6, 6.07) is 0. The van der Waals surface area contributed by atoms with Crippen LogP contribution in [0.3, 0.4) is 0 Å². The van der Waals surface area contributed by atoms with Crippen molar-refractivity contribution in [2.24, 2.45) is 0 Å². The SMILES string of the molecule is O=C(c1cscn1)N1CCOC[C@@]2(CC[C@@H](Cn3cncn3)O2)C1. The van der Waals surface area contributed by atoms with Crippen LogP contribution in [0.2, 0.25) is 0 Å². The number of hydrogen-bond donors (Lipinski definition) is 0. The van der Waals surface area contributed by atoms with Crippen LogP contribution in [-0.4, -0.2) is 68.6 Å². The summed E-state index contributed by atoms with van der Waals surface area (Å²) in [6.45, 7) is 2.81. The van der Waals surface area contributed by atoms with Crippen molar-refractivity contribution in [3.05, 3.63) is 29.2 Å². The second-order valence-electron chi connectivity index (χ2n) is 6.23. The molecule has 0 saturated carbocycles. The lowest BCUT2D eigenvalue weighted by molar-refractivity contribution is -0.0881. The highest BCUT2D eigenvalue weighted by atomic mass is 32.1. The molecule has 0 unspecified atom stereocenters. The number of amides is 1. The fourth-order valence-corrected chi connectivity index (χ4v) is 3.87. The van der Waals surface area contributed by atoms with E-state index in [1.165, 1.54) is 17.7 Å². The molecule has 2 aromatic rings. The Balaban J connectivity index is 1.45. The number of rotatable bonds is 3. The third-order valence-corrected chi connectivity index (χ3v) is 5.07. The zero-order chi connectivity index (χ0) is 16.4. The number of ether oxygens (including phenoxy) is 2. The highest BCUT2D eigenvalue weighted by Crippen LogP contribution is 2.34. The number of carbonyl (C=O) groups is 1. The first kappa shape index (κ1) is 15.7. The number of carbonyl (C=O) groups excluding carboxylic acids is 1. The number of aromatic nitrogens is 4. The molecule has 2 aromatic heterocycles. The van der Waals surface area contributed by atoms with E-state index in [0.29, 0.717) is 38.5 Å². The predicted molar refractivity (Wildman–Crippen MR) is 85.7 cm³/mol. The van der Waals surface area contributed by atoms with Gasteiger partial charge in [-0.3, -0.25) is 9.48 Å². The van der Waals surface area contributed by atoms with Crippen molar-refractivity contribution in [2.45, 2.75) is 31.1 Å². The Hall–Kier alpha value is -1.84. The van der Waals surface area contributed by atoms with Crippen LogP contribution in [0.1, 0.15) is 23.3 Å². The van der Waals surface area contributed by atoms with Crippen molar-refractivity contribution in [3.63, 3.8) is 0 Å². The summed E-state index contributed by atoms with van der Waals surface area (Å²) in [6.07, 6.45) is 5.06. The second kappa shape index (κ2) is 6.58. The molecule has 2 aliphatic rings. The van der Waals surface area contributed by atoms with Gasteiger partial charge in [0.05, 0.1) is 37.9 Å². The molecule has 0 N–H and O–H groups in total.